The Kier molecular flexibility index (Phi) is 5.27. The van der Waals surface area contributed by atoms with Gasteiger partial charge in [0.2, 0.25) is 0 Å². The van der Waals surface area contributed by atoms with Crippen molar-refractivity contribution in [2.24, 2.45) is 0 Å². The summed E-state index contributed by atoms with van der Waals surface area (Å²) in [5.74, 6) is -0.0206. The summed E-state index contributed by atoms with van der Waals surface area (Å²) < 4.78 is 10.6. The van der Waals surface area contributed by atoms with Crippen molar-refractivity contribution >= 4 is 35.0 Å². The molecule has 0 bridgehead atoms. The van der Waals surface area contributed by atoms with Crippen LogP contribution in [0.5, 0.6) is 0 Å². The van der Waals surface area contributed by atoms with E-state index >= 15 is 0 Å². The molecule has 0 spiro atoms. The topological polar surface area (TPSA) is 76.8 Å². The number of carbonyl (C=O) groups excluding carboxylic acids is 3. The lowest BCUT2D eigenvalue weighted by molar-refractivity contribution is -0.150. The van der Waals surface area contributed by atoms with Crippen molar-refractivity contribution in [3.63, 3.8) is 0 Å². The second-order valence-corrected chi connectivity index (χ2v) is 6.54. The highest BCUT2D eigenvalue weighted by Crippen LogP contribution is 2.34. The monoisotopic (exact) mass is 371 g/mol. The van der Waals surface area contributed by atoms with Gasteiger partial charge < -0.3 is 9.15 Å². The fourth-order valence-electron chi connectivity index (χ4n) is 2.50. The van der Waals surface area contributed by atoms with E-state index in [4.69, 9.17) is 9.15 Å². The first kappa shape index (κ1) is 18.0. The van der Waals surface area contributed by atoms with Gasteiger partial charge >= 0.3 is 5.97 Å². The van der Waals surface area contributed by atoms with Gasteiger partial charge in [0.1, 0.15) is 17.6 Å². The zero-order valence-corrected chi connectivity index (χ0v) is 15.1. The van der Waals surface area contributed by atoms with E-state index in [1.807, 2.05) is 30.3 Å². The number of imide groups is 1. The molecule has 6 nitrogen and oxygen atoms in total. The van der Waals surface area contributed by atoms with Gasteiger partial charge in [-0.3, -0.25) is 14.5 Å². The van der Waals surface area contributed by atoms with Gasteiger partial charge in [-0.1, -0.05) is 30.3 Å². The van der Waals surface area contributed by atoms with E-state index in [0.29, 0.717) is 11.5 Å². The number of amides is 2. The summed E-state index contributed by atoms with van der Waals surface area (Å²) in [6.45, 7) is 3.32. The minimum absolute atomic E-state index is 0.184. The lowest BCUT2D eigenvalue weighted by atomic mass is 10.2. The van der Waals surface area contributed by atoms with Gasteiger partial charge in [-0.05, 0) is 37.7 Å². The van der Waals surface area contributed by atoms with Crippen LogP contribution in [0.15, 0.2) is 51.8 Å². The number of esters is 1. The molecule has 1 aromatic heterocycles. The lowest BCUT2D eigenvalue weighted by Gasteiger charge is -2.19. The average molecular weight is 371 g/mol. The van der Waals surface area contributed by atoms with Crippen LogP contribution in [0.2, 0.25) is 0 Å². The molecular formula is C19H17NO5S. The highest BCUT2D eigenvalue weighted by atomic mass is 32.2. The van der Waals surface area contributed by atoms with E-state index in [-0.39, 0.29) is 11.5 Å². The van der Waals surface area contributed by atoms with Crippen LogP contribution in [0.3, 0.4) is 0 Å². The van der Waals surface area contributed by atoms with Crippen molar-refractivity contribution in [3.05, 3.63) is 53.1 Å². The van der Waals surface area contributed by atoms with Crippen molar-refractivity contribution in [3.8, 4) is 11.3 Å². The van der Waals surface area contributed by atoms with E-state index in [0.717, 1.165) is 22.2 Å². The van der Waals surface area contributed by atoms with Crippen LogP contribution < -0.4 is 0 Å². The molecule has 7 heteroatoms. The highest BCUT2D eigenvalue weighted by molar-refractivity contribution is 8.18. The molecule has 1 aliphatic heterocycles. The van der Waals surface area contributed by atoms with Crippen molar-refractivity contribution < 1.29 is 23.5 Å². The predicted octanol–water partition coefficient (Wildman–Crippen LogP) is 3.93. The number of hydrogen-bond acceptors (Lipinski definition) is 6. The smallest absolute Gasteiger partial charge is 0.329 e. The largest absolute Gasteiger partial charge is 0.464 e. The molecule has 0 saturated carbocycles. The summed E-state index contributed by atoms with van der Waals surface area (Å²) in [5, 5.41) is -0.503. The number of rotatable bonds is 5. The fraction of sp³-hybridized carbons (Fsp3) is 0.211. The number of benzene rings is 1. The van der Waals surface area contributed by atoms with Gasteiger partial charge in [0.25, 0.3) is 11.1 Å². The van der Waals surface area contributed by atoms with Crippen LogP contribution in [0, 0.1) is 0 Å². The number of hydrogen-bond donors (Lipinski definition) is 0. The summed E-state index contributed by atoms with van der Waals surface area (Å²) in [4.78, 5) is 37.6. The van der Waals surface area contributed by atoms with Crippen LogP contribution >= 0.6 is 11.8 Å². The molecule has 1 aromatic carbocycles. The molecule has 2 aromatic rings. The SMILES string of the molecule is CCOC(=O)[C@@H](C)N1C(=O)S/C(=C/c2ccc(-c3ccccc3)o2)C1=O. The molecule has 2 heterocycles. The zero-order chi connectivity index (χ0) is 18.7. The number of thioether (sulfide) groups is 1. The third-order valence-corrected chi connectivity index (χ3v) is 4.68. The van der Waals surface area contributed by atoms with Gasteiger partial charge in [-0.15, -0.1) is 0 Å². The summed E-state index contributed by atoms with van der Waals surface area (Å²) in [5.41, 5.74) is 0.913. The third kappa shape index (κ3) is 3.57. The normalized spacial score (nSPS) is 17.0. The summed E-state index contributed by atoms with van der Waals surface area (Å²) in [7, 11) is 0. The van der Waals surface area contributed by atoms with Crippen LogP contribution in [-0.4, -0.2) is 34.7 Å². The van der Waals surface area contributed by atoms with E-state index in [1.165, 1.54) is 13.0 Å². The maximum Gasteiger partial charge on any atom is 0.329 e. The molecule has 1 atom stereocenters. The number of ether oxygens (including phenoxy) is 1. The van der Waals surface area contributed by atoms with Crippen molar-refractivity contribution in [1.82, 2.24) is 4.90 Å². The standard InChI is InChI=1S/C19H17NO5S/c1-3-24-18(22)12(2)20-17(21)16(26-19(20)23)11-14-9-10-15(25-14)13-7-5-4-6-8-13/h4-12H,3H2,1-2H3/b16-11+/t12-/m1/s1. The molecule has 0 aliphatic carbocycles. The van der Waals surface area contributed by atoms with Crippen LogP contribution in [0.4, 0.5) is 4.79 Å². The van der Waals surface area contributed by atoms with E-state index in [9.17, 15) is 14.4 Å². The maximum atomic E-state index is 12.5. The molecular weight excluding hydrogens is 354 g/mol. The average Bonchev–Trinajstić information content (AvgIpc) is 3.20. The number of carbonyl (C=O) groups is 3. The van der Waals surface area contributed by atoms with Crippen LogP contribution in [0.25, 0.3) is 17.4 Å². The second kappa shape index (κ2) is 7.61. The predicted molar refractivity (Wildman–Crippen MR) is 98.0 cm³/mol. The molecule has 134 valence electrons. The van der Waals surface area contributed by atoms with Crippen molar-refractivity contribution in [1.29, 1.82) is 0 Å². The minimum atomic E-state index is -0.968. The molecule has 2 amide bonds. The summed E-state index contributed by atoms with van der Waals surface area (Å²) in [6, 6.07) is 12.1. The third-order valence-electron chi connectivity index (χ3n) is 3.80. The fourth-order valence-corrected chi connectivity index (χ4v) is 3.39. The Morgan fingerprint density at radius 3 is 2.65 bits per heavy atom. The first-order valence-corrected chi connectivity index (χ1v) is 8.92. The number of nitrogens with zero attached hydrogens (tertiary/aromatic N) is 1. The molecule has 0 radical (unpaired) electrons. The van der Waals surface area contributed by atoms with Crippen molar-refractivity contribution in [2.75, 3.05) is 6.61 Å². The van der Waals surface area contributed by atoms with Crippen LogP contribution in [0.1, 0.15) is 19.6 Å². The Morgan fingerprint density at radius 2 is 1.96 bits per heavy atom. The van der Waals surface area contributed by atoms with Gasteiger partial charge in [-0.25, -0.2) is 4.79 Å². The zero-order valence-electron chi connectivity index (χ0n) is 14.3. The van der Waals surface area contributed by atoms with E-state index < -0.39 is 23.2 Å². The van der Waals surface area contributed by atoms with Gasteiger partial charge in [0.05, 0.1) is 11.5 Å². The minimum Gasteiger partial charge on any atom is -0.464 e. The van der Waals surface area contributed by atoms with Gasteiger partial charge in [0, 0.05) is 11.6 Å². The van der Waals surface area contributed by atoms with Crippen LogP contribution in [-0.2, 0) is 14.3 Å². The molecule has 3 rings (SSSR count). The second-order valence-electron chi connectivity index (χ2n) is 5.55. The number of furan rings is 1. The molecule has 1 saturated heterocycles. The Hall–Kier alpha value is -2.80. The van der Waals surface area contributed by atoms with Gasteiger partial charge in [-0.2, -0.15) is 0 Å². The summed E-state index contributed by atoms with van der Waals surface area (Å²) in [6.07, 6.45) is 1.51. The Balaban J connectivity index is 1.80. The Morgan fingerprint density at radius 1 is 1.23 bits per heavy atom. The summed E-state index contributed by atoms with van der Waals surface area (Å²) >= 11 is 0.776. The molecule has 1 aliphatic rings. The van der Waals surface area contributed by atoms with E-state index in [2.05, 4.69) is 0 Å². The Bertz CT molecular complexity index is 871. The first-order valence-electron chi connectivity index (χ1n) is 8.10. The molecule has 26 heavy (non-hydrogen) atoms. The maximum absolute atomic E-state index is 12.5. The van der Waals surface area contributed by atoms with Gasteiger partial charge in [0.15, 0.2) is 0 Å². The highest BCUT2D eigenvalue weighted by Gasteiger charge is 2.41. The first-order chi connectivity index (χ1) is 12.5. The molecule has 0 unspecified atom stereocenters. The van der Waals surface area contributed by atoms with E-state index in [1.54, 1.807) is 19.1 Å². The quantitative estimate of drug-likeness (QED) is 0.585. The lowest BCUT2D eigenvalue weighted by Crippen LogP contribution is -2.42. The van der Waals surface area contributed by atoms with Crippen molar-refractivity contribution in [2.45, 2.75) is 19.9 Å². The molecule has 0 N–H and O–H groups in total. The molecule has 1 fully saturated rings. The Labute approximate surface area is 154 Å².